The first kappa shape index (κ1) is 30.2. The summed E-state index contributed by atoms with van der Waals surface area (Å²) >= 11 is 1.77. The van der Waals surface area contributed by atoms with Gasteiger partial charge < -0.3 is 9.47 Å². The summed E-state index contributed by atoms with van der Waals surface area (Å²) in [6.45, 7) is 7.78. The van der Waals surface area contributed by atoms with Crippen molar-refractivity contribution in [2.45, 2.75) is 46.0 Å². The Hall–Kier alpha value is -2.99. The Balaban J connectivity index is 0.000000877. The number of unbranched alkanes of at least 4 members (excludes halogenated alkanes) is 2. The fraction of sp³-hybridized carbons (Fsp3) is 0.385. The highest BCUT2D eigenvalue weighted by Crippen LogP contribution is 2.34. The zero-order valence-corrected chi connectivity index (χ0v) is 23.2. The van der Waals surface area contributed by atoms with Crippen LogP contribution in [0.1, 0.15) is 54.5 Å². The third-order valence-electron chi connectivity index (χ3n) is 4.99. The number of hydroxylamine groups is 1. The van der Waals surface area contributed by atoms with Crippen LogP contribution in [0.5, 0.6) is 11.5 Å². The Morgan fingerprint density at radius 1 is 1.00 bits per heavy atom. The second-order valence-electron chi connectivity index (χ2n) is 8.63. The topological polar surface area (TPSA) is 142 Å². The SMILES string of the molecule is CS(=O)(=O)O.Cc1nc(-c2ccc(OCCCCCOc3ccc(C(=N)NO)cc3)cc2)c(C(C)C)s1. The van der Waals surface area contributed by atoms with Crippen molar-refractivity contribution in [3.05, 3.63) is 64.0 Å². The molecule has 0 aliphatic rings. The van der Waals surface area contributed by atoms with Crippen molar-refractivity contribution in [1.29, 1.82) is 5.41 Å². The first-order chi connectivity index (χ1) is 17.5. The second-order valence-corrected chi connectivity index (χ2v) is 11.3. The van der Waals surface area contributed by atoms with Gasteiger partial charge in [0.1, 0.15) is 17.3 Å². The average Bonchev–Trinajstić information content (AvgIpc) is 3.24. The molecular formula is C26H35N3O6S2. The predicted molar refractivity (Wildman–Crippen MR) is 147 cm³/mol. The quantitative estimate of drug-likeness (QED) is 0.0787. The number of aromatic nitrogens is 1. The van der Waals surface area contributed by atoms with Gasteiger partial charge in [0.05, 0.1) is 30.2 Å². The molecule has 0 aliphatic heterocycles. The lowest BCUT2D eigenvalue weighted by atomic mass is 10.1. The zero-order valence-electron chi connectivity index (χ0n) is 21.5. The van der Waals surface area contributed by atoms with Crippen LogP contribution in [-0.4, -0.2) is 48.5 Å². The number of thiazole rings is 1. The molecule has 0 saturated heterocycles. The molecule has 0 unspecified atom stereocenters. The van der Waals surface area contributed by atoms with Gasteiger partial charge in [0.2, 0.25) is 0 Å². The number of nitrogens with one attached hydrogen (secondary N) is 2. The van der Waals surface area contributed by atoms with Gasteiger partial charge in [0.15, 0.2) is 0 Å². The van der Waals surface area contributed by atoms with Crippen molar-refractivity contribution >= 4 is 27.3 Å². The number of hydrogen-bond donors (Lipinski definition) is 4. The van der Waals surface area contributed by atoms with E-state index in [-0.39, 0.29) is 5.84 Å². The fourth-order valence-corrected chi connectivity index (χ4v) is 4.24. The third kappa shape index (κ3) is 11.3. The van der Waals surface area contributed by atoms with Gasteiger partial charge in [-0.3, -0.25) is 20.6 Å². The Morgan fingerprint density at radius 3 is 1.95 bits per heavy atom. The molecule has 0 atom stereocenters. The molecule has 0 radical (unpaired) electrons. The van der Waals surface area contributed by atoms with E-state index in [0.717, 1.165) is 47.0 Å². The molecule has 0 fully saturated rings. The Kier molecular flexibility index (Phi) is 12.0. The summed E-state index contributed by atoms with van der Waals surface area (Å²) in [5.41, 5.74) is 4.66. The van der Waals surface area contributed by atoms with Gasteiger partial charge in [-0.1, -0.05) is 13.8 Å². The third-order valence-corrected chi connectivity index (χ3v) is 6.26. The van der Waals surface area contributed by atoms with Gasteiger partial charge in [-0.25, -0.2) is 4.98 Å². The number of nitrogens with zero attached hydrogens (tertiary/aromatic N) is 1. The second kappa shape index (κ2) is 14.7. The van der Waals surface area contributed by atoms with E-state index in [4.69, 9.17) is 29.6 Å². The van der Waals surface area contributed by atoms with Crippen LogP contribution in [-0.2, 0) is 10.1 Å². The van der Waals surface area contributed by atoms with Crippen molar-refractivity contribution in [3.8, 4) is 22.8 Å². The molecule has 4 N–H and O–H groups in total. The maximum atomic E-state index is 9.19. The lowest BCUT2D eigenvalue weighted by Gasteiger charge is -2.09. The molecule has 0 amide bonds. The predicted octanol–water partition coefficient (Wildman–Crippen LogP) is 5.68. The highest BCUT2D eigenvalue weighted by molar-refractivity contribution is 7.85. The number of amidine groups is 1. The summed E-state index contributed by atoms with van der Waals surface area (Å²) in [4.78, 5) is 6.05. The molecule has 0 saturated carbocycles. The Bertz CT molecular complexity index is 1220. The van der Waals surface area contributed by atoms with E-state index in [1.54, 1.807) is 35.6 Å². The first-order valence-corrected chi connectivity index (χ1v) is 14.5. The number of hydrogen-bond acceptors (Lipinski definition) is 8. The monoisotopic (exact) mass is 549 g/mol. The van der Waals surface area contributed by atoms with Crippen molar-refractivity contribution < 1.29 is 27.7 Å². The van der Waals surface area contributed by atoms with Crippen LogP contribution < -0.4 is 15.0 Å². The molecule has 0 bridgehead atoms. The van der Waals surface area contributed by atoms with Crippen LogP contribution in [0, 0.1) is 12.3 Å². The van der Waals surface area contributed by atoms with Crippen LogP contribution in [0.3, 0.4) is 0 Å². The van der Waals surface area contributed by atoms with Gasteiger partial charge in [-0.15, -0.1) is 11.3 Å². The number of benzene rings is 2. The standard InChI is InChI=1S/C25H31N3O3S.CH4O3S/c1-17(2)24-23(27-18(3)32-24)19-7-11-21(12-8-19)30-15-5-4-6-16-31-22-13-9-20(10-14-22)25(26)28-29;1-5(2,3)4/h7-14,17,29H,4-6,15-16H2,1-3H3,(H2,26,28);1H3,(H,2,3,4). The van der Waals surface area contributed by atoms with Crippen LogP contribution in [0.15, 0.2) is 48.5 Å². The van der Waals surface area contributed by atoms with Crippen molar-refractivity contribution in [2.75, 3.05) is 19.5 Å². The molecule has 1 heterocycles. The number of rotatable bonds is 11. The summed E-state index contributed by atoms with van der Waals surface area (Å²) in [5.74, 6) is 2.07. The van der Waals surface area contributed by atoms with E-state index in [1.165, 1.54) is 4.88 Å². The fourth-order valence-electron chi connectivity index (χ4n) is 3.29. The minimum Gasteiger partial charge on any atom is -0.494 e. The minimum absolute atomic E-state index is 0.0373. The Labute approximate surface area is 222 Å². The highest BCUT2D eigenvalue weighted by atomic mass is 32.2. The van der Waals surface area contributed by atoms with Crippen LogP contribution >= 0.6 is 11.3 Å². The van der Waals surface area contributed by atoms with Crippen molar-refractivity contribution in [2.24, 2.45) is 0 Å². The van der Waals surface area contributed by atoms with Crippen molar-refractivity contribution in [1.82, 2.24) is 10.5 Å². The zero-order chi connectivity index (χ0) is 27.4. The van der Waals surface area contributed by atoms with Gasteiger partial charge in [0, 0.05) is 16.0 Å². The summed E-state index contributed by atoms with van der Waals surface area (Å²) in [6, 6.07) is 15.3. The molecular weight excluding hydrogens is 514 g/mol. The number of aryl methyl sites for hydroxylation is 1. The van der Waals surface area contributed by atoms with Gasteiger partial charge in [-0.2, -0.15) is 8.42 Å². The molecule has 3 rings (SSSR count). The first-order valence-electron chi connectivity index (χ1n) is 11.8. The van der Waals surface area contributed by atoms with E-state index in [2.05, 4.69) is 32.9 Å². The normalized spacial score (nSPS) is 11.0. The maximum Gasteiger partial charge on any atom is 0.261 e. The molecule has 9 nitrogen and oxygen atoms in total. The van der Waals surface area contributed by atoms with Crippen LogP contribution in [0.2, 0.25) is 0 Å². The minimum atomic E-state index is -3.67. The van der Waals surface area contributed by atoms with Gasteiger partial charge in [-0.05, 0) is 80.6 Å². The molecule has 1 aromatic heterocycles. The van der Waals surface area contributed by atoms with Gasteiger partial charge >= 0.3 is 0 Å². The van der Waals surface area contributed by atoms with Crippen LogP contribution in [0.25, 0.3) is 11.3 Å². The van der Waals surface area contributed by atoms with E-state index in [0.29, 0.717) is 31.0 Å². The molecule has 0 aliphatic carbocycles. The highest BCUT2D eigenvalue weighted by Gasteiger charge is 2.14. The van der Waals surface area contributed by atoms with E-state index >= 15 is 0 Å². The molecule has 11 heteroatoms. The van der Waals surface area contributed by atoms with Crippen molar-refractivity contribution in [3.63, 3.8) is 0 Å². The van der Waals surface area contributed by atoms with Crippen LogP contribution in [0.4, 0.5) is 0 Å². The maximum absolute atomic E-state index is 9.19. The van der Waals surface area contributed by atoms with E-state index in [1.807, 2.05) is 17.6 Å². The van der Waals surface area contributed by atoms with E-state index < -0.39 is 10.1 Å². The summed E-state index contributed by atoms with van der Waals surface area (Å²) in [7, 11) is -3.67. The lowest BCUT2D eigenvalue weighted by Crippen LogP contribution is -2.18. The molecule has 37 heavy (non-hydrogen) atoms. The summed E-state index contributed by atoms with van der Waals surface area (Å²) < 4.78 is 37.5. The molecule has 3 aromatic rings. The molecule has 0 spiro atoms. The molecule has 202 valence electrons. The molecule has 2 aromatic carbocycles. The largest absolute Gasteiger partial charge is 0.494 e. The number of ether oxygens (including phenoxy) is 2. The van der Waals surface area contributed by atoms with E-state index in [9.17, 15) is 8.42 Å². The average molecular weight is 550 g/mol. The smallest absolute Gasteiger partial charge is 0.261 e. The Morgan fingerprint density at radius 2 is 1.49 bits per heavy atom. The lowest BCUT2D eigenvalue weighted by molar-refractivity contribution is 0.234. The summed E-state index contributed by atoms with van der Waals surface area (Å²) in [5, 5.41) is 17.3. The van der Waals surface area contributed by atoms with Gasteiger partial charge in [0.25, 0.3) is 10.1 Å². The summed E-state index contributed by atoms with van der Waals surface area (Å²) in [6.07, 6.45) is 3.64.